The van der Waals surface area contributed by atoms with Gasteiger partial charge in [0.1, 0.15) is 5.82 Å². The minimum absolute atomic E-state index is 0.370. The number of carbonyl (C=O) groups is 1. The van der Waals surface area contributed by atoms with Crippen molar-refractivity contribution in [2.24, 2.45) is 12.0 Å². The monoisotopic (exact) mass is 336 g/mol. The average molecular weight is 336 g/mol. The molecule has 0 radical (unpaired) electrons. The molecule has 0 fully saturated rings. The van der Waals surface area contributed by atoms with Gasteiger partial charge in [0.2, 0.25) is 0 Å². The van der Waals surface area contributed by atoms with Crippen molar-refractivity contribution < 1.29 is 9.18 Å². The zero-order chi connectivity index (χ0) is 16.7. The Balaban J connectivity index is 1.90. The Bertz CT molecular complexity index is 1140. The first-order valence-corrected chi connectivity index (χ1v) is 8.27. The van der Waals surface area contributed by atoms with E-state index in [9.17, 15) is 9.18 Å². The largest absolute Gasteiger partial charge is 0.319 e. The van der Waals surface area contributed by atoms with E-state index in [2.05, 4.69) is 23.2 Å². The number of halogens is 1. The zero-order valence-corrected chi connectivity index (χ0v) is 13.7. The summed E-state index contributed by atoms with van der Waals surface area (Å²) in [5.74, 6) is -0.744. The Labute approximate surface area is 141 Å². The lowest BCUT2D eigenvalue weighted by Crippen LogP contribution is -2.13. The Morgan fingerprint density at radius 1 is 1.04 bits per heavy atom. The molecule has 0 unspecified atom stereocenters. The molecule has 0 aliphatic heterocycles. The van der Waals surface area contributed by atoms with Crippen LogP contribution in [0.25, 0.3) is 21.0 Å². The molecule has 1 aromatic heterocycles. The van der Waals surface area contributed by atoms with Gasteiger partial charge in [0, 0.05) is 18.0 Å². The Hall–Kier alpha value is -2.79. The van der Waals surface area contributed by atoms with Gasteiger partial charge < -0.3 is 4.57 Å². The van der Waals surface area contributed by atoms with Gasteiger partial charge in [0.05, 0.1) is 10.2 Å². The molecule has 0 aliphatic rings. The number of benzene rings is 3. The number of hydrogen-bond acceptors (Lipinski definition) is 2. The highest BCUT2D eigenvalue weighted by Gasteiger charge is 2.09. The van der Waals surface area contributed by atoms with Crippen molar-refractivity contribution in [2.45, 2.75) is 0 Å². The number of carbonyl (C=O) groups excluding carboxylic acids is 1. The van der Waals surface area contributed by atoms with Crippen LogP contribution in [0.2, 0.25) is 0 Å². The summed E-state index contributed by atoms with van der Waals surface area (Å²) in [6.07, 6.45) is 0. The fourth-order valence-corrected chi connectivity index (χ4v) is 3.86. The van der Waals surface area contributed by atoms with Gasteiger partial charge in [0.15, 0.2) is 4.80 Å². The molecule has 0 spiro atoms. The highest BCUT2D eigenvalue weighted by molar-refractivity contribution is 7.17. The number of thiazole rings is 1. The van der Waals surface area contributed by atoms with Crippen molar-refractivity contribution in [1.82, 2.24) is 4.57 Å². The Morgan fingerprint density at radius 2 is 1.79 bits per heavy atom. The maximum atomic E-state index is 13.0. The summed E-state index contributed by atoms with van der Waals surface area (Å²) in [5.41, 5.74) is 1.41. The molecule has 3 aromatic carbocycles. The summed E-state index contributed by atoms with van der Waals surface area (Å²) in [6, 6.07) is 17.7. The van der Waals surface area contributed by atoms with Crippen molar-refractivity contribution in [3.05, 3.63) is 76.8 Å². The van der Waals surface area contributed by atoms with E-state index in [0.29, 0.717) is 10.4 Å². The van der Waals surface area contributed by atoms with Gasteiger partial charge >= 0.3 is 0 Å². The van der Waals surface area contributed by atoms with Crippen molar-refractivity contribution in [3.63, 3.8) is 0 Å². The maximum absolute atomic E-state index is 13.0. The van der Waals surface area contributed by atoms with E-state index in [4.69, 9.17) is 0 Å². The standard InChI is InChI=1S/C19H13FN2OS/c1-22-16-11-8-12-4-2-3-5-15(12)17(16)24-19(22)21-18(23)13-6-9-14(20)10-7-13/h2-11H,1H3. The van der Waals surface area contributed by atoms with Gasteiger partial charge in [-0.1, -0.05) is 41.7 Å². The molecule has 0 N–H and O–H groups in total. The van der Waals surface area contributed by atoms with E-state index in [1.54, 1.807) is 0 Å². The third-order valence-corrected chi connectivity index (χ3v) is 5.17. The van der Waals surface area contributed by atoms with Crippen LogP contribution in [0.3, 0.4) is 0 Å². The fraction of sp³-hybridized carbons (Fsp3) is 0.0526. The number of amides is 1. The number of aryl methyl sites for hydroxylation is 1. The van der Waals surface area contributed by atoms with Crippen molar-refractivity contribution in [2.75, 3.05) is 0 Å². The lowest BCUT2D eigenvalue weighted by Gasteiger charge is -1.99. The lowest BCUT2D eigenvalue weighted by molar-refractivity contribution is 0.0998. The second kappa shape index (κ2) is 5.69. The minimum atomic E-state index is -0.374. The molecule has 3 nitrogen and oxygen atoms in total. The van der Waals surface area contributed by atoms with Crippen LogP contribution in [0.1, 0.15) is 10.4 Å². The van der Waals surface area contributed by atoms with Crippen LogP contribution < -0.4 is 4.80 Å². The van der Waals surface area contributed by atoms with Gasteiger partial charge in [0.25, 0.3) is 5.91 Å². The fourth-order valence-electron chi connectivity index (χ4n) is 2.71. The second-order valence-corrected chi connectivity index (χ2v) is 6.48. The van der Waals surface area contributed by atoms with Gasteiger partial charge in [-0.15, -0.1) is 0 Å². The van der Waals surface area contributed by atoms with E-state index < -0.39 is 0 Å². The molecule has 1 heterocycles. The van der Waals surface area contributed by atoms with Crippen LogP contribution >= 0.6 is 11.3 Å². The number of fused-ring (bicyclic) bond motifs is 3. The third-order valence-electron chi connectivity index (χ3n) is 3.99. The first-order valence-electron chi connectivity index (χ1n) is 7.45. The first kappa shape index (κ1) is 14.8. The molecule has 0 saturated heterocycles. The van der Waals surface area contributed by atoms with Gasteiger partial charge in [-0.3, -0.25) is 4.79 Å². The molecule has 1 amide bonds. The summed E-state index contributed by atoms with van der Waals surface area (Å²) in [5, 5.41) is 2.30. The number of hydrogen-bond donors (Lipinski definition) is 0. The summed E-state index contributed by atoms with van der Waals surface area (Å²) in [6.45, 7) is 0. The van der Waals surface area contributed by atoms with Crippen LogP contribution in [-0.4, -0.2) is 10.5 Å². The maximum Gasteiger partial charge on any atom is 0.279 e. The number of rotatable bonds is 1. The SMILES string of the molecule is Cn1c(=NC(=O)c2ccc(F)cc2)sc2c3ccccc3ccc21. The highest BCUT2D eigenvalue weighted by atomic mass is 32.1. The predicted octanol–water partition coefficient (Wildman–Crippen LogP) is 4.27. The minimum Gasteiger partial charge on any atom is -0.319 e. The molecule has 4 rings (SSSR count). The van der Waals surface area contributed by atoms with Crippen molar-refractivity contribution in [3.8, 4) is 0 Å². The normalized spacial score (nSPS) is 12.2. The predicted molar refractivity (Wildman–Crippen MR) is 94.6 cm³/mol. The summed E-state index contributed by atoms with van der Waals surface area (Å²) in [7, 11) is 1.89. The quantitative estimate of drug-likeness (QED) is 0.511. The molecule has 4 aromatic rings. The molecule has 24 heavy (non-hydrogen) atoms. The number of aromatic nitrogens is 1. The lowest BCUT2D eigenvalue weighted by atomic mass is 10.1. The third kappa shape index (κ3) is 2.43. The number of nitrogens with zero attached hydrogens (tertiary/aromatic N) is 2. The van der Waals surface area contributed by atoms with Crippen LogP contribution in [0, 0.1) is 5.82 Å². The van der Waals surface area contributed by atoms with Crippen molar-refractivity contribution >= 4 is 38.2 Å². The van der Waals surface area contributed by atoms with Gasteiger partial charge in [-0.2, -0.15) is 4.99 Å². The van der Waals surface area contributed by atoms with Crippen LogP contribution in [0.15, 0.2) is 65.7 Å². The summed E-state index contributed by atoms with van der Waals surface area (Å²) >= 11 is 1.48. The van der Waals surface area contributed by atoms with Crippen LogP contribution in [0.4, 0.5) is 4.39 Å². The smallest absolute Gasteiger partial charge is 0.279 e. The van der Waals surface area contributed by atoms with E-state index in [1.165, 1.54) is 35.6 Å². The molecule has 0 saturated carbocycles. The average Bonchev–Trinajstić information content (AvgIpc) is 2.92. The topological polar surface area (TPSA) is 34.4 Å². The molecule has 5 heteroatoms. The molecule has 0 aliphatic carbocycles. The second-order valence-electron chi connectivity index (χ2n) is 5.50. The highest BCUT2D eigenvalue weighted by Crippen LogP contribution is 2.27. The Kier molecular flexibility index (Phi) is 3.50. The van der Waals surface area contributed by atoms with Gasteiger partial charge in [-0.05, 0) is 35.7 Å². The van der Waals surface area contributed by atoms with Crippen molar-refractivity contribution in [1.29, 1.82) is 0 Å². The van der Waals surface area contributed by atoms with Gasteiger partial charge in [-0.25, -0.2) is 4.39 Å². The van der Waals surface area contributed by atoms with Crippen LogP contribution in [-0.2, 0) is 7.05 Å². The molecular formula is C19H13FN2OS. The van der Waals surface area contributed by atoms with E-state index in [-0.39, 0.29) is 11.7 Å². The summed E-state index contributed by atoms with van der Waals surface area (Å²) in [4.78, 5) is 17.2. The summed E-state index contributed by atoms with van der Waals surface area (Å²) < 4.78 is 16.0. The van der Waals surface area contributed by atoms with Crippen LogP contribution in [0.5, 0.6) is 0 Å². The van der Waals surface area contributed by atoms with E-state index in [0.717, 1.165) is 21.0 Å². The van der Waals surface area contributed by atoms with E-state index >= 15 is 0 Å². The zero-order valence-electron chi connectivity index (χ0n) is 12.9. The Morgan fingerprint density at radius 3 is 2.58 bits per heavy atom. The molecule has 0 bridgehead atoms. The molecular weight excluding hydrogens is 323 g/mol. The van der Waals surface area contributed by atoms with E-state index in [1.807, 2.05) is 29.8 Å². The first-order chi connectivity index (χ1) is 11.6. The molecule has 0 atom stereocenters. The molecule has 118 valence electrons.